The number of hydrogen-bond acceptors (Lipinski definition) is 0. The van der Waals surface area contributed by atoms with Crippen LogP contribution in [0.4, 0.5) is 0 Å². The maximum atomic E-state index is 2.38. The van der Waals surface area contributed by atoms with Crippen molar-refractivity contribution >= 4 is 10.9 Å². The molecule has 0 spiro atoms. The van der Waals surface area contributed by atoms with E-state index < -0.39 is 0 Å². The molecule has 2 aromatic rings. The molecule has 0 bridgehead atoms. The third kappa shape index (κ3) is 1.99. The van der Waals surface area contributed by atoms with Crippen LogP contribution in [0.25, 0.3) is 10.9 Å². The molecule has 0 aliphatic heterocycles. The highest BCUT2D eigenvalue weighted by atomic mass is 15.0. The number of rotatable bonds is 3. The maximum absolute atomic E-state index is 2.38. The Morgan fingerprint density at radius 3 is 2.38 bits per heavy atom. The Morgan fingerprint density at radius 2 is 1.75 bits per heavy atom. The third-order valence-corrected chi connectivity index (χ3v) is 3.01. The van der Waals surface area contributed by atoms with Crippen molar-refractivity contribution in [2.45, 2.75) is 40.2 Å². The normalized spacial score (nSPS) is 11.9. The van der Waals surface area contributed by atoms with E-state index in [-0.39, 0.29) is 0 Å². The van der Waals surface area contributed by atoms with Crippen LogP contribution in [0.15, 0.2) is 30.5 Å². The van der Waals surface area contributed by atoms with Gasteiger partial charge in [0, 0.05) is 23.1 Å². The predicted octanol–water partition coefficient (Wildman–Crippen LogP) is 4.42. The molecule has 86 valence electrons. The van der Waals surface area contributed by atoms with Crippen LogP contribution in [0, 0.1) is 5.92 Å². The van der Waals surface area contributed by atoms with Crippen molar-refractivity contribution in [2.75, 3.05) is 0 Å². The zero-order chi connectivity index (χ0) is 11.7. The smallest absolute Gasteiger partial charge is 0.0485 e. The molecule has 0 atom stereocenters. The molecule has 1 heteroatoms. The fraction of sp³-hybridized carbons (Fsp3) is 0.467. The van der Waals surface area contributed by atoms with Gasteiger partial charge < -0.3 is 4.57 Å². The summed E-state index contributed by atoms with van der Waals surface area (Å²) in [5, 5.41) is 1.42. The first-order chi connectivity index (χ1) is 7.59. The highest BCUT2D eigenvalue weighted by molar-refractivity contribution is 5.84. The van der Waals surface area contributed by atoms with Gasteiger partial charge in [0.25, 0.3) is 0 Å². The average Bonchev–Trinajstić information content (AvgIpc) is 2.57. The molecule has 0 saturated heterocycles. The first-order valence-corrected chi connectivity index (χ1v) is 6.18. The lowest BCUT2D eigenvalue weighted by Gasteiger charge is -2.08. The zero-order valence-corrected chi connectivity index (χ0v) is 10.7. The van der Waals surface area contributed by atoms with E-state index in [2.05, 4.69) is 62.7 Å². The Labute approximate surface area is 98.1 Å². The van der Waals surface area contributed by atoms with E-state index in [4.69, 9.17) is 0 Å². The lowest BCUT2D eigenvalue weighted by Crippen LogP contribution is -1.98. The molecule has 2 rings (SSSR count). The van der Waals surface area contributed by atoms with E-state index in [1.54, 1.807) is 0 Å². The lowest BCUT2D eigenvalue weighted by molar-refractivity contribution is 0.611. The first-order valence-electron chi connectivity index (χ1n) is 6.18. The molecular weight excluding hydrogens is 194 g/mol. The summed E-state index contributed by atoms with van der Waals surface area (Å²) in [5.74, 6) is 0.714. The second-order valence-corrected chi connectivity index (χ2v) is 5.27. The molecule has 0 fully saturated rings. The number of benzene rings is 1. The van der Waals surface area contributed by atoms with E-state index in [9.17, 15) is 0 Å². The second-order valence-electron chi connectivity index (χ2n) is 5.27. The molecule has 0 aliphatic carbocycles. The molecule has 0 N–H and O–H groups in total. The Hall–Kier alpha value is -1.24. The molecule has 0 aliphatic rings. The molecule has 1 aromatic carbocycles. The number of aromatic nitrogens is 1. The molecule has 1 nitrogen and oxygen atoms in total. The molecule has 1 heterocycles. The Bertz CT molecular complexity index is 477. The fourth-order valence-electron chi connectivity index (χ4n) is 2.31. The minimum absolute atomic E-state index is 0.533. The fourth-order valence-corrected chi connectivity index (χ4v) is 2.31. The van der Waals surface area contributed by atoms with E-state index >= 15 is 0 Å². The SMILES string of the molecule is CC(C)Cc1cn(C(C)C)c2ccccc12. The molecule has 0 saturated carbocycles. The summed E-state index contributed by atoms with van der Waals surface area (Å²) in [6, 6.07) is 9.26. The van der Waals surface area contributed by atoms with E-state index in [0.29, 0.717) is 12.0 Å². The molecule has 0 unspecified atom stereocenters. The van der Waals surface area contributed by atoms with Crippen molar-refractivity contribution in [3.05, 3.63) is 36.0 Å². The van der Waals surface area contributed by atoms with Gasteiger partial charge in [0.05, 0.1) is 0 Å². The highest BCUT2D eigenvalue weighted by Gasteiger charge is 2.10. The number of hydrogen-bond donors (Lipinski definition) is 0. The zero-order valence-electron chi connectivity index (χ0n) is 10.7. The van der Waals surface area contributed by atoms with Gasteiger partial charge in [-0.15, -0.1) is 0 Å². The van der Waals surface area contributed by atoms with Crippen LogP contribution >= 0.6 is 0 Å². The lowest BCUT2D eigenvalue weighted by atomic mass is 10.0. The third-order valence-electron chi connectivity index (χ3n) is 3.01. The molecule has 0 radical (unpaired) electrons. The van der Waals surface area contributed by atoms with Gasteiger partial charge in [-0.2, -0.15) is 0 Å². The summed E-state index contributed by atoms with van der Waals surface area (Å²) in [4.78, 5) is 0. The summed E-state index contributed by atoms with van der Waals surface area (Å²) < 4.78 is 2.38. The van der Waals surface area contributed by atoms with Gasteiger partial charge in [0.15, 0.2) is 0 Å². The van der Waals surface area contributed by atoms with Crippen LogP contribution in [-0.4, -0.2) is 4.57 Å². The Kier molecular flexibility index (Phi) is 3.04. The molecule has 0 amide bonds. The number of nitrogens with zero attached hydrogens (tertiary/aromatic N) is 1. The summed E-state index contributed by atoms with van der Waals surface area (Å²) >= 11 is 0. The summed E-state index contributed by atoms with van der Waals surface area (Å²) in [5.41, 5.74) is 2.85. The summed E-state index contributed by atoms with van der Waals surface area (Å²) in [7, 11) is 0. The predicted molar refractivity (Wildman–Crippen MR) is 70.9 cm³/mol. The van der Waals surface area contributed by atoms with Gasteiger partial charge in [0.2, 0.25) is 0 Å². The Balaban J connectivity index is 2.57. The van der Waals surface area contributed by atoms with Crippen molar-refractivity contribution in [1.29, 1.82) is 0 Å². The van der Waals surface area contributed by atoms with Crippen molar-refractivity contribution < 1.29 is 0 Å². The van der Waals surface area contributed by atoms with Gasteiger partial charge in [0.1, 0.15) is 0 Å². The largest absolute Gasteiger partial charge is 0.345 e. The van der Waals surface area contributed by atoms with Crippen molar-refractivity contribution in [3.8, 4) is 0 Å². The van der Waals surface area contributed by atoms with Crippen molar-refractivity contribution in [3.63, 3.8) is 0 Å². The maximum Gasteiger partial charge on any atom is 0.0485 e. The summed E-state index contributed by atoms with van der Waals surface area (Å²) in [6.07, 6.45) is 3.50. The quantitative estimate of drug-likeness (QED) is 0.714. The van der Waals surface area contributed by atoms with Crippen LogP contribution in [0.3, 0.4) is 0 Å². The highest BCUT2D eigenvalue weighted by Crippen LogP contribution is 2.26. The standard InChI is InChI=1S/C15H21N/c1-11(2)9-13-10-16(12(3)4)15-8-6-5-7-14(13)15/h5-8,10-12H,9H2,1-4H3. The first kappa shape index (κ1) is 11.3. The van der Waals surface area contributed by atoms with Gasteiger partial charge in [-0.3, -0.25) is 0 Å². The van der Waals surface area contributed by atoms with E-state index in [0.717, 1.165) is 0 Å². The molecular formula is C15H21N. The van der Waals surface area contributed by atoms with E-state index in [1.165, 1.54) is 22.9 Å². The molecule has 1 aromatic heterocycles. The van der Waals surface area contributed by atoms with Gasteiger partial charge >= 0.3 is 0 Å². The van der Waals surface area contributed by atoms with Gasteiger partial charge in [-0.05, 0) is 37.8 Å². The van der Waals surface area contributed by atoms with Crippen LogP contribution in [0.2, 0.25) is 0 Å². The van der Waals surface area contributed by atoms with Crippen molar-refractivity contribution in [2.24, 2.45) is 5.92 Å². The van der Waals surface area contributed by atoms with Crippen LogP contribution in [-0.2, 0) is 6.42 Å². The summed E-state index contributed by atoms with van der Waals surface area (Å²) in [6.45, 7) is 9.04. The average molecular weight is 215 g/mol. The number of para-hydroxylation sites is 1. The van der Waals surface area contributed by atoms with Crippen molar-refractivity contribution in [1.82, 2.24) is 4.57 Å². The second kappa shape index (κ2) is 4.32. The minimum Gasteiger partial charge on any atom is -0.345 e. The van der Waals surface area contributed by atoms with Crippen LogP contribution in [0.1, 0.15) is 39.3 Å². The van der Waals surface area contributed by atoms with Gasteiger partial charge in [-0.1, -0.05) is 32.0 Å². The van der Waals surface area contributed by atoms with Gasteiger partial charge in [-0.25, -0.2) is 0 Å². The van der Waals surface area contributed by atoms with Crippen LogP contribution < -0.4 is 0 Å². The number of fused-ring (bicyclic) bond motifs is 1. The topological polar surface area (TPSA) is 4.93 Å². The minimum atomic E-state index is 0.533. The monoisotopic (exact) mass is 215 g/mol. The van der Waals surface area contributed by atoms with E-state index in [1.807, 2.05) is 0 Å². The molecule has 16 heavy (non-hydrogen) atoms. The Morgan fingerprint density at radius 1 is 1.06 bits per heavy atom. The van der Waals surface area contributed by atoms with Crippen LogP contribution in [0.5, 0.6) is 0 Å².